The number of benzene rings is 1. The Labute approximate surface area is 251 Å². The molecule has 0 aromatic heterocycles. The van der Waals surface area contributed by atoms with Gasteiger partial charge in [0.05, 0.1) is 6.04 Å². The van der Waals surface area contributed by atoms with Gasteiger partial charge >= 0.3 is 5.97 Å². The van der Waals surface area contributed by atoms with E-state index in [-0.39, 0.29) is 30.1 Å². The van der Waals surface area contributed by atoms with Crippen LogP contribution in [-0.4, -0.2) is 65.3 Å². The monoisotopic (exact) mass is 588 g/mol. The molecule has 1 aromatic rings. The van der Waals surface area contributed by atoms with Crippen molar-refractivity contribution in [1.29, 1.82) is 0 Å². The zero-order valence-corrected chi connectivity index (χ0v) is 26.5. The molecule has 6 atom stereocenters. The second-order valence-electron chi connectivity index (χ2n) is 13.1. The average Bonchev–Trinajstić information content (AvgIpc) is 2.89. The maximum absolute atomic E-state index is 13.7. The molecule has 0 spiro atoms. The van der Waals surface area contributed by atoms with Crippen LogP contribution in [-0.2, 0) is 30.3 Å². The third kappa shape index (κ3) is 11.4. The van der Waals surface area contributed by atoms with Crippen molar-refractivity contribution < 1.29 is 29.0 Å². The van der Waals surface area contributed by atoms with Crippen molar-refractivity contribution in [3.05, 3.63) is 35.9 Å². The van der Waals surface area contributed by atoms with Crippen LogP contribution in [0.4, 0.5) is 0 Å². The number of esters is 1. The third-order valence-corrected chi connectivity index (χ3v) is 7.19. The molecule has 10 heteroatoms. The maximum atomic E-state index is 13.7. The SMILES string of the molecule is CC(C)CC1OC(=O)[C@H](CC(C)C)NC(=O)[C@H](Cc2ccccc2)NC(=O)[C@H](C(C)C)NC(=O)[C@H](CC(C)C)NC1O. The normalized spacial score (nSPS) is 26.9. The van der Waals surface area contributed by atoms with Gasteiger partial charge in [0.1, 0.15) is 30.5 Å². The highest BCUT2D eigenvalue weighted by atomic mass is 16.6. The molecule has 0 radical (unpaired) electrons. The molecule has 1 aliphatic heterocycles. The molecule has 2 rings (SSSR count). The van der Waals surface area contributed by atoms with E-state index >= 15 is 0 Å². The summed E-state index contributed by atoms with van der Waals surface area (Å²) in [5.74, 6) is -2.25. The summed E-state index contributed by atoms with van der Waals surface area (Å²) in [7, 11) is 0. The van der Waals surface area contributed by atoms with Crippen LogP contribution in [0.25, 0.3) is 0 Å². The number of aliphatic hydroxyl groups is 1. The zero-order chi connectivity index (χ0) is 31.6. The molecule has 0 aliphatic carbocycles. The van der Waals surface area contributed by atoms with Gasteiger partial charge in [-0.25, -0.2) is 4.79 Å². The van der Waals surface area contributed by atoms with Crippen LogP contribution in [0.1, 0.15) is 80.2 Å². The molecule has 10 nitrogen and oxygen atoms in total. The molecule has 1 saturated heterocycles. The minimum atomic E-state index is -1.34. The van der Waals surface area contributed by atoms with Crippen molar-refractivity contribution in [2.45, 2.75) is 118 Å². The number of carbonyl (C=O) groups excluding carboxylic acids is 4. The lowest BCUT2D eigenvalue weighted by Gasteiger charge is -2.31. The predicted molar refractivity (Wildman–Crippen MR) is 162 cm³/mol. The van der Waals surface area contributed by atoms with Crippen LogP contribution in [0.15, 0.2) is 30.3 Å². The van der Waals surface area contributed by atoms with Gasteiger partial charge in [-0.2, -0.15) is 0 Å². The highest BCUT2D eigenvalue weighted by molar-refractivity contribution is 5.94. The summed E-state index contributed by atoms with van der Waals surface area (Å²) < 4.78 is 5.85. The summed E-state index contributed by atoms with van der Waals surface area (Å²) in [5, 5.41) is 22.7. The van der Waals surface area contributed by atoms with E-state index in [1.54, 1.807) is 0 Å². The number of carbonyl (C=O) groups is 4. The standard InChI is InChI=1S/C32H52N4O6/c1-18(2)14-23-29(38)36-27(21(7)8)31(40)34-24(17-22-12-10-9-11-13-22)28(37)35-25(15-19(3)4)32(41)42-26(16-20(5)6)30(39)33-23/h9-13,18-21,23-27,30,33,39H,14-17H2,1-8H3,(H,34,40)(H,35,37)(H,36,38)/t23-,24-,25-,26?,27-,30?/m0/s1. The summed E-state index contributed by atoms with van der Waals surface area (Å²) in [5.41, 5.74) is 0.824. The Morgan fingerprint density at radius 1 is 0.690 bits per heavy atom. The first kappa shape index (κ1) is 35.2. The molecule has 1 aliphatic rings. The minimum absolute atomic E-state index is 0.0428. The van der Waals surface area contributed by atoms with Crippen molar-refractivity contribution in [2.75, 3.05) is 0 Å². The van der Waals surface area contributed by atoms with Gasteiger partial charge in [0.15, 0.2) is 0 Å². The molecule has 0 bridgehead atoms. The highest BCUT2D eigenvalue weighted by Crippen LogP contribution is 2.18. The third-order valence-electron chi connectivity index (χ3n) is 7.19. The van der Waals surface area contributed by atoms with E-state index in [1.807, 2.05) is 85.7 Å². The molecule has 5 N–H and O–H groups in total. The Morgan fingerprint density at radius 2 is 1.21 bits per heavy atom. The number of hydrogen-bond acceptors (Lipinski definition) is 7. The maximum Gasteiger partial charge on any atom is 0.329 e. The lowest BCUT2D eigenvalue weighted by atomic mass is 9.98. The van der Waals surface area contributed by atoms with Crippen LogP contribution in [0, 0.1) is 23.7 Å². The summed E-state index contributed by atoms with van der Waals surface area (Å²) >= 11 is 0. The number of nitrogens with one attached hydrogen (secondary N) is 4. The Balaban J connectivity index is 2.58. The van der Waals surface area contributed by atoms with E-state index < -0.39 is 60.2 Å². The number of rotatable bonds is 9. The van der Waals surface area contributed by atoms with Gasteiger partial charge in [-0.3, -0.25) is 19.7 Å². The predicted octanol–water partition coefficient (Wildman–Crippen LogP) is 2.68. The van der Waals surface area contributed by atoms with Crippen LogP contribution in [0.3, 0.4) is 0 Å². The van der Waals surface area contributed by atoms with Crippen molar-refractivity contribution in [1.82, 2.24) is 21.3 Å². The Hall–Kier alpha value is -2.98. The summed E-state index contributed by atoms with van der Waals surface area (Å²) in [6.07, 6.45) is -1.10. The first-order chi connectivity index (χ1) is 19.7. The molecule has 42 heavy (non-hydrogen) atoms. The van der Waals surface area contributed by atoms with Crippen LogP contribution in [0.2, 0.25) is 0 Å². The fourth-order valence-corrected chi connectivity index (χ4v) is 5.04. The van der Waals surface area contributed by atoms with E-state index in [0.717, 1.165) is 5.56 Å². The zero-order valence-electron chi connectivity index (χ0n) is 26.5. The van der Waals surface area contributed by atoms with Gasteiger partial charge in [-0.15, -0.1) is 0 Å². The molecule has 1 heterocycles. The van der Waals surface area contributed by atoms with E-state index in [4.69, 9.17) is 4.74 Å². The fourth-order valence-electron chi connectivity index (χ4n) is 5.04. The topological polar surface area (TPSA) is 146 Å². The van der Waals surface area contributed by atoms with E-state index in [1.165, 1.54) is 0 Å². The quantitative estimate of drug-likeness (QED) is 0.279. The lowest BCUT2D eigenvalue weighted by Crippen LogP contribution is -2.59. The average molecular weight is 589 g/mol. The lowest BCUT2D eigenvalue weighted by molar-refractivity contribution is -0.162. The van der Waals surface area contributed by atoms with Crippen molar-refractivity contribution in [3.8, 4) is 0 Å². The van der Waals surface area contributed by atoms with E-state index in [2.05, 4.69) is 21.3 Å². The van der Waals surface area contributed by atoms with Crippen LogP contribution in [0.5, 0.6) is 0 Å². The molecule has 236 valence electrons. The van der Waals surface area contributed by atoms with Crippen LogP contribution >= 0.6 is 0 Å². The number of ether oxygens (including phenoxy) is 1. The smallest absolute Gasteiger partial charge is 0.329 e. The van der Waals surface area contributed by atoms with Gasteiger partial charge in [0, 0.05) is 6.42 Å². The van der Waals surface area contributed by atoms with Gasteiger partial charge in [-0.05, 0) is 48.5 Å². The highest BCUT2D eigenvalue weighted by Gasteiger charge is 2.37. The first-order valence-electron chi connectivity index (χ1n) is 15.3. The molecular formula is C32H52N4O6. The van der Waals surface area contributed by atoms with E-state index in [9.17, 15) is 24.3 Å². The molecule has 0 saturated carbocycles. The van der Waals surface area contributed by atoms with Crippen LogP contribution < -0.4 is 21.3 Å². The van der Waals surface area contributed by atoms with Gasteiger partial charge in [0.25, 0.3) is 0 Å². The molecular weight excluding hydrogens is 536 g/mol. The second-order valence-corrected chi connectivity index (χ2v) is 13.1. The number of hydrogen-bond donors (Lipinski definition) is 5. The molecule has 3 amide bonds. The minimum Gasteiger partial charge on any atom is -0.457 e. The second kappa shape index (κ2) is 16.6. The van der Waals surface area contributed by atoms with Gasteiger partial charge in [0.2, 0.25) is 17.7 Å². The summed E-state index contributed by atoms with van der Waals surface area (Å²) in [6.45, 7) is 15.3. The molecule has 1 fully saturated rings. The van der Waals surface area contributed by atoms with Crippen molar-refractivity contribution in [3.63, 3.8) is 0 Å². The fraction of sp³-hybridized carbons (Fsp3) is 0.688. The van der Waals surface area contributed by atoms with Gasteiger partial charge in [-0.1, -0.05) is 85.7 Å². The van der Waals surface area contributed by atoms with E-state index in [0.29, 0.717) is 19.3 Å². The molecule has 1 aromatic carbocycles. The summed E-state index contributed by atoms with van der Waals surface area (Å²) in [4.78, 5) is 54.4. The first-order valence-corrected chi connectivity index (χ1v) is 15.3. The largest absolute Gasteiger partial charge is 0.457 e. The Bertz CT molecular complexity index is 1030. The number of aliphatic hydroxyl groups excluding tert-OH is 1. The van der Waals surface area contributed by atoms with Crippen molar-refractivity contribution >= 4 is 23.7 Å². The van der Waals surface area contributed by atoms with Crippen molar-refractivity contribution in [2.24, 2.45) is 23.7 Å². The Morgan fingerprint density at radius 3 is 1.76 bits per heavy atom. The number of amides is 3. The molecule has 2 unspecified atom stereocenters. The summed E-state index contributed by atoms with van der Waals surface area (Å²) in [6, 6.07) is 5.49. The van der Waals surface area contributed by atoms with Gasteiger partial charge < -0.3 is 25.8 Å². The number of cyclic esters (lactones) is 1. The Kier molecular flexibility index (Phi) is 13.9.